The van der Waals surface area contributed by atoms with Gasteiger partial charge in [0.25, 0.3) is 0 Å². The van der Waals surface area contributed by atoms with Crippen LogP contribution in [0.5, 0.6) is 0 Å². The number of hydrogen-bond acceptors (Lipinski definition) is 1. The van der Waals surface area contributed by atoms with Crippen molar-refractivity contribution in [3.63, 3.8) is 0 Å². The van der Waals surface area contributed by atoms with Crippen LogP contribution in [0.25, 0.3) is 0 Å². The van der Waals surface area contributed by atoms with Crippen LogP contribution in [-0.2, 0) is 0 Å². The summed E-state index contributed by atoms with van der Waals surface area (Å²) in [4.78, 5) is 0. The predicted molar refractivity (Wildman–Crippen MR) is 48.5 cm³/mol. The molecule has 1 nitrogen and oxygen atoms in total. The highest BCUT2D eigenvalue weighted by Gasteiger charge is 2.15. The van der Waals surface area contributed by atoms with E-state index in [9.17, 15) is 8.78 Å². The summed E-state index contributed by atoms with van der Waals surface area (Å²) in [5, 5.41) is -0.285. The maximum Gasteiger partial charge on any atom is 0.142 e. The zero-order chi connectivity index (χ0) is 10.0. The van der Waals surface area contributed by atoms with Crippen LogP contribution in [-0.4, -0.2) is 0 Å². The lowest BCUT2D eigenvalue weighted by atomic mass is 10.1. The van der Waals surface area contributed by atoms with E-state index in [1.165, 1.54) is 6.08 Å². The second kappa shape index (κ2) is 3.85. The van der Waals surface area contributed by atoms with Gasteiger partial charge in [-0.1, -0.05) is 17.7 Å². The van der Waals surface area contributed by atoms with Crippen molar-refractivity contribution in [3.05, 3.63) is 47.0 Å². The van der Waals surface area contributed by atoms with E-state index in [1.807, 2.05) is 0 Å². The van der Waals surface area contributed by atoms with E-state index in [2.05, 4.69) is 6.58 Å². The van der Waals surface area contributed by atoms with E-state index in [0.717, 1.165) is 12.1 Å². The predicted octanol–water partition coefficient (Wildman–Crippen LogP) is 2.80. The third-order valence-corrected chi connectivity index (χ3v) is 2.05. The van der Waals surface area contributed by atoms with Crippen molar-refractivity contribution in [2.45, 2.75) is 6.04 Å². The van der Waals surface area contributed by atoms with E-state index >= 15 is 0 Å². The van der Waals surface area contributed by atoms with Crippen LogP contribution in [0.3, 0.4) is 0 Å². The molecule has 1 aromatic carbocycles. The fourth-order valence-corrected chi connectivity index (χ4v) is 1.25. The Balaban J connectivity index is 3.32. The first-order valence-electron chi connectivity index (χ1n) is 3.59. The molecule has 0 aliphatic heterocycles. The average Bonchev–Trinajstić information content (AvgIpc) is 2.12. The van der Waals surface area contributed by atoms with Gasteiger partial charge < -0.3 is 5.73 Å². The van der Waals surface area contributed by atoms with Crippen molar-refractivity contribution in [2.75, 3.05) is 0 Å². The summed E-state index contributed by atoms with van der Waals surface area (Å²) in [6.45, 7) is 3.38. The molecule has 13 heavy (non-hydrogen) atoms. The van der Waals surface area contributed by atoms with Crippen molar-refractivity contribution in [1.82, 2.24) is 0 Å². The summed E-state index contributed by atoms with van der Waals surface area (Å²) < 4.78 is 26.0. The Kier molecular flexibility index (Phi) is 3.01. The summed E-state index contributed by atoms with van der Waals surface area (Å²) in [6.07, 6.45) is 1.30. The summed E-state index contributed by atoms with van der Waals surface area (Å²) in [6, 6.07) is 1.15. The molecule has 1 rings (SSSR count). The van der Waals surface area contributed by atoms with Gasteiger partial charge in [0, 0.05) is 5.56 Å². The molecule has 0 heterocycles. The molecule has 1 aromatic rings. The van der Waals surface area contributed by atoms with Crippen LogP contribution < -0.4 is 5.73 Å². The molecule has 0 fully saturated rings. The molecule has 0 amide bonds. The highest BCUT2D eigenvalue weighted by Crippen LogP contribution is 2.27. The molecule has 0 spiro atoms. The van der Waals surface area contributed by atoms with Gasteiger partial charge in [0.15, 0.2) is 0 Å². The zero-order valence-corrected chi connectivity index (χ0v) is 7.48. The van der Waals surface area contributed by atoms with Gasteiger partial charge in [-0.2, -0.15) is 0 Å². The van der Waals surface area contributed by atoms with E-state index in [4.69, 9.17) is 17.3 Å². The average molecular weight is 204 g/mol. The molecule has 4 heteroatoms. The van der Waals surface area contributed by atoms with Crippen LogP contribution in [0.15, 0.2) is 24.8 Å². The first-order chi connectivity index (χ1) is 6.07. The fraction of sp³-hybridized carbons (Fsp3) is 0.111. The van der Waals surface area contributed by atoms with E-state index < -0.39 is 17.7 Å². The van der Waals surface area contributed by atoms with Crippen molar-refractivity contribution >= 4 is 11.6 Å². The number of benzene rings is 1. The Hall–Kier alpha value is -0.930. The Bertz CT molecular complexity index is 339. The first-order valence-corrected chi connectivity index (χ1v) is 3.97. The Labute approximate surface area is 79.8 Å². The zero-order valence-electron chi connectivity index (χ0n) is 6.73. The smallest absolute Gasteiger partial charge is 0.142 e. The van der Waals surface area contributed by atoms with Crippen LogP contribution >= 0.6 is 11.6 Å². The number of rotatable bonds is 2. The standard InChI is InChI=1S/C9H8ClF2N/c1-2-7(13)8-5(11)3-4-6(12)9(8)10/h2-4,7H,1,13H2/t7-/m1/s1. The lowest BCUT2D eigenvalue weighted by Crippen LogP contribution is -2.10. The molecule has 0 aromatic heterocycles. The maximum absolute atomic E-state index is 13.1. The minimum absolute atomic E-state index is 0.0586. The van der Waals surface area contributed by atoms with Gasteiger partial charge in [0.05, 0.1) is 11.1 Å². The van der Waals surface area contributed by atoms with Crippen molar-refractivity contribution in [3.8, 4) is 0 Å². The van der Waals surface area contributed by atoms with Crippen LogP contribution in [0, 0.1) is 11.6 Å². The summed E-state index contributed by atoms with van der Waals surface area (Å²) >= 11 is 5.53. The molecule has 0 unspecified atom stereocenters. The SMILES string of the molecule is C=C[C@@H](N)c1c(F)ccc(F)c1Cl. The quantitative estimate of drug-likeness (QED) is 0.581. The number of nitrogens with two attached hydrogens (primary N) is 1. The van der Waals surface area contributed by atoms with Gasteiger partial charge in [-0.15, -0.1) is 6.58 Å². The third kappa shape index (κ3) is 1.87. The Morgan fingerprint density at radius 1 is 1.38 bits per heavy atom. The molecule has 0 radical (unpaired) electrons. The van der Waals surface area contributed by atoms with Gasteiger partial charge in [0.2, 0.25) is 0 Å². The van der Waals surface area contributed by atoms with Crippen LogP contribution in [0.2, 0.25) is 5.02 Å². The normalized spacial score (nSPS) is 12.6. The van der Waals surface area contributed by atoms with Crippen LogP contribution in [0.4, 0.5) is 8.78 Å². The minimum Gasteiger partial charge on any atom is -0.321 e. The van der Waals surface area contributed by atoms with Gasteiger partial charge in [-0.05, 0) is 12.1 Å². The molecule has 70 valence electrons. The van der Waals surface area contributed by atoms with Crippen molar-refractivity contribution in [1.29, 1.82) is 0 Å². The summed E-state index contributed by atoms with van der Waals surface area (Å²) in [5.41, 5.74) is 5.40. The second-order valence-electron chi connectivity index (χ2n) is 2.52. The number of hydrogen-bond donors (Lipinski definition) is 1. The molecule has 0 bridgehead atoms. The molecule has 0 saturated heterocycles. The molecule has 1 atom stereocenters. The van der Waals surface area contributed by atoms with Crippen molar-refractivity contribution in [2.24, 2.45) is 5.73 Å². The second-order valence-corrected chi connectivity index (χ2v) is 2.90. The lowest BCUT2D eigenvalue weighted by molar-refractivity contribution is 0.579. The summed E-state index contributed by atoms with van der Waals surface area (Å²) in [5.74, 6) is -1.31. The minimum atomic E-state index is -0.789. The Morgan fingerprint density at radius 2 is 1.92 bits per heavy atom. The van der Waals surface area contributed by atoms with Gasteiger partial charge in [-0.25, -0.2) is 8.78 Å². The van der Waals surface area contributed by atoms with Gasteiger partial charge in [0.1, 0.15) is 11.6 Å². The topological polar surface area (TPSA) is 26.0 Å². The third-order valence-electron chi connectivity index (χ3n) is 1.67. The van der Waals surface area contributed by atoms with Crippen molar-refractivity contribution < 1.29 is 8.78 Å². The highest BCUT2D eigenvalue weighted by molar-refractivity contribution is 6.31. The molecule has 0 aliphatic rings. The molecular weight excluding hydrogens is 196 g/mol. The largest absolute Gasteiger partial charge is 0.321 e. The highest BCUT2D eigenvalue weighted by atomic mass is 35.5. The van der Waals surface area contributed by atoms with E-state index in [1.54, 1.807) is 0 Å². The Morgan fingerprint density at radius 3 is 2.46 bits per heavy atom. The number of halogens is 3. The van der Waals surface area contributed by atoms with E-state index in [0.29, 0.717) is 0 Å². The molecular formula is C9H8ClF2N. The maximum atomic E-state index is 13.1. The molecule has 0 saturated carbocycles. The van der Waals surface area contributed by atoms with Gasteiger partial charge >= 0.3 is 0 Å². The monoisotopic (exact) mass is 203 g/mol. The van der Waals surface area contributed by atoms with Gasteiger partial charge in [-0.3, -0.25) is 0 Å². The lowest BCUT2D eigenvalue weighted by Gasteiger charge is -2.10. The molecule has 2 N–H and O–H groups in total. The molecule has 0 aliphatic carbocycles. The fourth-order valence-electron chi connectivity index (χ4n) is 0.966. The van der Waals surface area contributed by atoms with Crippen LogP contribution in [0.1, 0.15) is 11.6 Å². The first kappa shape index (κ1) is 10.2. The van der Waals surface area contributed by atoms with E-state index in [-0.39, 0.29) is 10.6 Å². The summed E-state index contributed by atoms with van der Waals surface area (Å²) in [7, 11) is 0.